The Morgan fingerprint density at radius 3 is 2.47 bits per heavy atom. The maximum absolute atomic E-state index is 8.55. The number of anilines is 1. The first-order chi connectivity index (χ1) is 8.17. The standard InChI is InChI=1S/C14H13N3/c1-16-13(11-15)6-4-5-12-7-9-14(10-8-12)17(2)3/h4-10H,2-3H3/b5-4+,13-6-. The Bertz CT molecular complexity index is 492. The fourth-order valence-electron chi connectivity index (χ4n) is 1.23. The summed E-state index contributed by atoms with van der Waals surface area (Å²) in [4.78, 5) is 5.10. The van der Waals surface area contributed by atoms with Gasteiger partial charge in [0.15, 0.2) is 0 Å². The molecule has 1 rings (SSSR count). The van der Waals surface area contributed by atoms with Crippen LogP contribution < -0.4 is 4.90 Å². The van der Waals surface area contributed by atoms with E-state index < -0.39 is 0 Å². The molecule has 1 aromatic rings. The third-order valence-corrected chi connectivity index (χ3v) is 2.19. The lowest BCUT2D eigenvalue weighted by molar-refractivity contribution is 1.13. The van der Waals surface area contributed by atoms with Crippen molar-refractivity contribution in [2.45, 2.75) is 0 Å². The van der Waals surface area contributed by atoms with Crippen molar-refractivity contribution in [3.8, 4) is 6.07 Å². The molecule has 0 aliphatic heterocycles. The van der Waals surface area contributed by atoms with E-state index >= 15 is 0 Å². The fourth-order valence-corrected chi connectivity index (χ4v) is 1.23. The Morgan fingerprint density at radius 2 is 2.00 bits per heavy atom. The van der Waals surface area contributed by atoms with E-state index in [-0.39, 0.29) is 5.70 Å². The Kier molecular flexibility index (Phi) is 4.54. The molecule has 1 aromatic carbocycles. The van der Waals surface area contributed by atoms with E-state index in [2.05, 4.69) is 4.85 Å². The zero-order valence-corrected chi connectivity index (χ0v) is 9.88. The molecule has 0 N–H and O–H groups in total. The molecule has 0 atom stereocenters. The summed E-state index contributed by atoms with van der Waals surface area (Å²) in [7, 11) is 3.98. The lowest BCUT2D eigenvalue weighted by Crippen LogP contribution is -2.07. The van der Waals surface area contributed by atoms with Crippen molar-refractivity contribution < 1.29 is 0 Å². The van der Waals surface area contributed by atoms with Gasteiger partial charge < -0.3 is 4.90 Å². The summed E-state index contributed by atoms with van der Waals surface area (Å²) in [5.41, 5.74) is 2.26. The summed E-state index contributed by atoms with van der Waals surface area (Å²) in [6, 6.07) is 9.82. The molecule has 0 aromatic heterocycles. The molecule has 0 amide bonds. The van der Waals surface area contributed by atoms with Crippen molar-refractivity contribution in [1.29, 1.82) is 5.26 Å². The molecular formula is C14H13N3. The topological polar surface area (TPSA) is 31.4 Å². The van der Waals surface area contributed by atoms with Gasteiger partial charge in [-0.25, -0.2) is 10.1 Å². The molecule has 0 fully saturated rings. The summed E-state index contributed by atoms with van der Waals surface area (Å²) in [6.07, 6.45) is 5.08. The van der Waals surface area contributed by atoms with Gasteiger partial charge in [0.1, 0.15) is 0 Å². The number of rotatable bonds is 3. The zero-order valence-electron chi connectivity index (χ0n) is 9.88. The van der Waals surface area contributed by atoms with Gasteiger partial charge in [0.05, 0.1) is 12.6 Å². The average molecular weight is 223 g/mol. The second kappa shape index (κ2) is 6.15. The van der Waals surface area contributed by atoms with Gasteiger partial charge >= 0.3 is 0 Å². The minimum Gasteiger partial charge on any atom is -0.378 e. The molecule has 3 nitrogen and oxygen atoms in total. The van der Waals surface area contributed by atoms with Crippen molar-refractivity contribution >= 4 is 11.8 Å². The van der Waals surface area contributed by atoms with Gasteiger partial charge in [0.25, 0.3) is 5.70 Å². The SMILES string of the molecule is [C-]#[N+]/C(C#N)=C\C=C\c1ccc(N(C)C)cc1. The summed E-state index contributed by atoms with van der Waals surface area (Å²) in [5, 5.41) is 8.55. The van der Waals surface area contributed by atoms with Crippen LogP contribution >= 0.6 is 0 Å². The van der Waals surface area contributed by atoms with Crippen LogP contribution in [0.25, 0.3) is 10.9 Å². The molecule has 17 heavy (non-hydrogen) atoms. The van der Waals surface area contributed by atoms with Gasteiger partial charge in [-0.15, -0.1) is 0 Å². The van der Waals surface area contributed by atoms with Crippen LogP contribution in [0.15, 0.2) is 42.1 Å². The second-order valence-electron chi connectivity index (χ2n) is 3.62. The lowest BCUT2D eigenvalue weighted by atomic mass is 10.2. The normalized spacial score (nSPS) is 10.9. The molecule has 0 saturated heterocycles. The molecule has 0 unspecified atom stereocenters. The van der Waals surface area contributed by atoms with Crippen LogP contribution in [-0.2, 0) is 0 Å². The average Bonchev–Trinajstić information content (AvgIpc) is 2.35. The quantitative estimate of drug-likeness (QED) is 0.448. The van der Waals surface area contributed by atoms with Crippen LogP contribution in [0.2, 0.25) is 0 Å². The van der Waals surface area contributed by atoms with E-state index in [1.54, 1.807) is 6.08 Å². The van der Waals surface area contributed by atoms with Crippen LogP contribution in [0.1, 0.15) is 5.56 Å². The third kappa shape index (κ3) is 3.85. The Labute approximate surface area is 102 Å². The summed E-state index contributed by atoms with van der Waals surface area (Å²) in [5.74, 6) is 0. The van der Waals surface area contributed by atoms with E-state index in [0.717, 1.165) is 11.3 Å². The fraction of sp³-hybridized carbons (Fsp3) is 0.143. The zero-order chi connectivity index (χ0) is 12.7. The molecule has 0 saturated carbocycles. The molecule has 0 aliphatic carbocycles. The first kappa shape index (κ1) is 12.5. The molecule has 0 bridgehead atoms. The maximum atomic E-state index is 8.55. The van der Waals surface area contributed by atoms with Crippen LogP contribution in [0.5, 0.6) is 0 Å². The van der Waals surface area contributed by atoms with Crippen LogP contribution in [0, 0.1) is 17.9 Å². The molecule has 84 valence electrons. The number of hydrogen-bond acceptors (Lipinski definition) is 2. The summed E-state index contributed by atoms with van der Waals surface area (Å²) >= 11 is 0. The first-order valence-corrected chi connectivity index (χ1v) is 5.10. The second-order valence-corrected chi connectivity index (χ2v) is 3.62. The minimum absolute atomic E-state index is 0.0890. The molecule has 0 aliphatic rings. The molecule has 0 spiro atoms. The van der Waals surface area contributed by atoms with Crippen molar-refractivity contribution in [3.63, 3.8) is 0 Å². The smallest absolute Gasteiger partial charge is 0.261 e. The molecule has 0 radical (unpaired) electrons. The van der Waals surface area contributed by atoms with Crippen LogP contribution in [0.4, 0.5) is 5.69 Å². The van der Waals surface area contributed by atoms with Crippen molar-refractivity contribution in [2.75, 3.05) is 19.0 Å². The van der Waals surface area contributed by atoms with Crippen LogP contribution in [0.3, 0.4) is 0 Å². The predicted molar refractivity (Wildman–Crippen MR) is 70.1 cm³/mol. The highest BCUT2D eigenvalue weighted by Gasteiger charge is 1.93. The van der Waals surface area contributed by atoms with Crippen molar-refractivity contribution in [3.05, 3.63) is 59.1 Å². The number of benzene rings is 1. The minimum atomic E-state index is 0.0890. The number of hydrogen-bond donors (Lipinski definition) is 0. The maximum Gasteiger partial charge on any atom is 0.261 e. The molecule has 0 heterocycles. The van der Waals surface area contributed by atoms with E-state index in [1.165, 1.54) is 6.08 Å². The third-order valence-electron chi connectivity index (χ3n) is 2.19. The highest BCUT2D eigenvalue weighted by atomic mass is 15.1. The number of allylic oxidation sites excluding steroid dienone is 3. The largest absolute Gasteiger partial charge is 0.378 e. The predicted octanol–water partition coefficient (Wildman–Crippen LogP) is 3.09. The van der Waals surface area contributed by atoms with E-state index in [0.29, 0.717) is 0 Å². The highest BCUT2D eigenvalue weighted by Crippen LogP contribution is 2.13. The molecule has 3 heteroatoms. The Hall–Kier alpha value is -2.52. The number of nitrogens with zero attached hydrogens (tertiary/aromatic N) is 3. The lowest BCUT2D eigenvalue weighted by Gasteiger charge is -2.11. The van der Waals surface area contributed by atoms with Gasteiger partial charge in [-0.2, -0.15) is 0 Å². The Balaban J connectivity index is 2.78. The molecular weight excluding hydrogens is 210 g/mol. The van der Waals surface area contributed by atoms with Crippen molar-refractivity contribution in [2.24, 2.45) is 0 Å². The van der Waals surface area contributed by atoms with E-state index in [4.69, 9.17) is 11.8 Å². The van der Waals surface area contributed by atoms with E-state index in [1.807, 2.05) is 55.4 Å². The summed E-state index contributed by atoms with van der Waals surface area (Å²) < 4.78 is 0. The number of nitriles is 1. The van der Waals surface area contributed by atoms with E-state index in [9.17, 15) is 0 Å². The van der Waals surface area contributed by atoms with Gasteiger partial charge in [-0.3, -0.25) is 0 Å². The van der Waals surface area contributed by atoms with Gasteiger partial charge in [-0.05, 0) is 23.8 Å². The monoisotopic (exact) mass is 223 g/mol. The highest BCUT2D eigenvalue weighted by molar-refractivity contribution is 5.57. The van der Waals surface area contributed by atoms with Gasteiger partial charge in [-0.1, -0.05) is 24.3 Å². The van der Waals surface area contributed by atoms with Crippen LogP contribution in [-0.4, -0.2) is 14.1 Å². The van der Waals surface area contributed by atoms with Crippen molar-refractivity contribution in [1.82, 2.24) is 0 Å². The first-order valence-electron chi connectivity index (χ1n) is 5.10. The Morgan fingerprint density at radius 1 is 1.35 bits per heavy atom. The van der Waals surface area contributed by atoms with Gasteiger partial charge in [0.2, 0.25) is 0 Å². The summed E-state index contributed by atoms with van der Waals surface area (Å²) in [6.45, 7) is 6.71. The van der Waals surface area contributed by atoms with Gasteiger partial charge in [0, 0.05) is 19.8 Å².